The zero-order chi connectivity index (χ0) is 24.0. The molecule has 0 radical (unpaired) electrons. The van der Waals surface area contributed by atoms with Gasteiger partial charge in [-0.25, -0.2) is 14.6 Å². The Bertz CT molecular complexity index is 1130. The van der Waals surface area contributed by atoms with E-state index >= 15 is 0 Å². The highest BCUT2D eigenvalue weighted by Gasteiger charge is 2.29. The minimum absolute atomic E-state index is 0.167. The summed E-state index contributed by atoms with van der Waals surface area (Å²) in [5.41, 5.74) is 1.87. The van der Waals surface area contributed by atoms with Crippen LogP contribution in [0.2, 0.25) is 0 Å². The summed E-state index contributed by atoms with van der Waals surface area (Å²) in [5, 5.41) is 3.55. The lowest BCUT2D eigenvalue weighted by Gasteiger charge is -2.23. The Labute approximate surface area is 192 Å². The number of pyridine rings is 1. The molecule has 0 saturated heterocycles. The minimum Gasteiger partial charge on any atom is -0.467 e. The molecule has 1 aromatic carbocycles. The number of carbonyl (C=O) groups excluding carboxylic acids is 3. The predicted molar refractivity (Wildman–Crippen MR) is 124 cm³/mol. The molecule has 0 bridgehead atoms. The number of carbonyl (C=O) groups is 3. The van der Waals surface area contributed by atoms with Gasteiger partial charge < -0.3 is 19.6 Å². The van der Waals surface area contributed by atoms with Crippen LogP contribution in [0.5, 0.6) is 0 Å². The zero-order valence-corrected chi connectivity index (χ0v) is 19.3. The maximum absolute atomic E-state index is 12.6. The number of methoxy groups -OCH3 is 1. The molecule has 1 amide bonds. The van der Waals surface area contributed by atoms with Crippen LogP contribution in [0.4, 0.5) is 4.79 Å². The van der Waals surface area contributed by atoms with Crippen LogP contribution < -0.4 is 5.32 Å². The van der Waals surface area contributed by atoms with Crippen molar-refractivity contribution in [2.45, 2.75) is 51.7 Å². The standard InChI is InChI=1S/C25H29N3O5/c1-25(2,3)33-24(31)27-19(23(30)32-4)16-18-17-10-5-6-11-20(17)28(21(18)12-9-15-29)22-13-7-8-14-26-22/h5-8,10-11,13-15,19H,9,12,16H2,1-4H3,(H,27,31). The number of para-hydroxylation sites is 1. The van der Waals surface area contributed by atoms with Gasteiger partial charge in [0, 0.05) is 30.1 Å². The summed E-state index contributed by atoms with van der Waals surface area (Å²) in [7, 11) is 1.27. The third kappa shape index (κ3) is 5.77. The van der Waals surface area contributed by atoms with E-state index in [-0.39, 0.29) is 6.42 Å². The molecule has 0 spiro atoms. The van der Waals surface area contributed by atoms with Crippen molar-refractivity contribution >= 4 is 29.3 Å². The van der Waals surface area contributed by atoms with E-state index in [1.807, 2.05) is 47.0 Å². The minimum atomic E-state index is -0.970. The van der Waals surface area contributed by atoms with Gasteiger partial charge in [0.05, 0.1) is 12.6 Å². The molecule has 1 N–H and O–H groups in total. The number of fused-ring (bicyclic) bond motifs is 1. The van der Waals surface area contributed by atoms with Crippen LogP contribution in [0.1, 0.15) is 38.4 Å². The van der Waals surface area contributed by atoms with Crippen molar-refractivity contribution in [3.63, 3.8) is 0 Å². The quantitative estimate of drug-likeness (QED) is 0.413. The van der Waals surface area contributed by atoms with E-state index in [9.17, 15) is 14.4 Å². The Balaban J connectivity index is 2.10. The van der Waals surface area contributed by atoms with Crippen LogP contribution in [0.25, 0.3) is 16.7 Å². The lowest BCUT2D eigenvalue weighted by atomic mass is 10.0. The van der Waals surface area contributed by atoms with E-state index in [0.717, 1.165) is 28.4 Å². The van der Waals surface area contributed by atoms with Crippen molar-refractivity contribution in [2.75, 3.05) is 7.11 Å². The molecular formula is C25H29N3O5. The molecule has 2 aromatic heterocycles. The van der Waals surface area contributed by atoms with Crippen molar-refractivity contribution in [3.05, 3.63) is 59.9 Å². The van der Waals surface area contributed by atoms with Crippen LogP contribution in [0, 0.1) is 0 Å². The Morgan fingerprint density at radius 3 is 2.52 bits per heavy atom. The van der Waals surface area contributed by atoms with E-state index in [1.165, 1.54) is 7.11 Å². The number of alkyl carbamates (subject to hydrolysis) is 1. The number of nitrogens with one attached hydrogen (secondary N) is 1. The van der Waals surface area contributed by atoms with Gasteiger partial charge in [0.1, 0.15) is 23.7 Å². The van der Waals surface area contributed by atoms with Gasteiger partial charge in [-0.1, -0.05) is 24.3 Å². The van der Waals surface area contributed by atoms with Gasteiger partial charge in [-0.15, -0.1) is 0 Å². The Morgan fingerprint density at radius 2 is 1.88 bits per heavy atom. The molecule has 0 aliphatic rings. The number of benzene rings is 1. The molecule has 33 heavy (non-hydrogen) atoms. The number of aldehydes is 1. The fourth-order valence-corrected chi connectivity index (χ4v) is 3.78. The summed E-state index contributed by atoms with van der Waals surface area (Å²) in [4.78, 5) is 40.7. The summed E-state index contributed by atoms with van der Waals surface area (Å²) < 4.78 is 12.3. The molecule has 0 aliphatic heterocycles. The molecule has 3 rings (SSSR count). The van der Waals surface area contributed by atoms with Gasteiger partial charge in [-0.3, -0.25) is 4.57 Å². The number of hydrogen-bond donors (Lipinski definition) is 1. The van der Waals surface area contributed by atoms with Gasteiger partial charge in [0.25, 0.3) is 0 Å². The maximum atomic E-state index is 12.6. The van der Waals surface area contributed by atoms with Gasteiger partial charge in [0.15, 0.2) is 0 Å². The molecule has 0 saturated carbocycles. The normalized spacial score (nSPS) is 12.2. The topological polar surface area (TPSA) is 99.5 Å². The summed E-state index contributed by atoms with van der Waals surface area (Å²) in [6.07, 6.45) is 2.78. The number of ether oxygens (including phenoxy) is 2. The van der Waals surface area contributed by atoms with Gasteiger partial charge in [-0.2, -0.15) is 0 Å². The Kier molecular flexibility index (Phi) is 7.48. The summed E-state index contributed by atoms with van der Waals surface area (Å²) >= 11 is 0. The first-order valence-electron chi connectivity index (χ1n) is 10.8. The molecule has 1 atom stereocenters. The molecule has 2 heterocycles. The first kappa shape index (κ1) is 24.0. The number of amides is 1. The van der Waals surface area contributed by atoms with Crippen molar-refractivity contribution in [3.8, 4) is 5.82 Å². The number of hydrogen-bond acceptors (Lipinski definition) is 6. The first-order chi connectivity index (χ1) is 15.7. The van der Waals surface area contributed by atoms with Crippen LogP contribution in [-0.4, -0.2) is 46.7 Å². The lowest BCUT2D eigenvalue weighted by molar-refractivity contribution is -0.143. The van der Waals surface area contributed by atoms with Crippen LogP contribution in [-0.2, 0) is 31.9 Å². The van der Waals surface area contributed by atoms with Crippen LogP contribution in [0.15, 0.2) is 48.7 Å². The van der Waals surface area contributed by atoms with E-state index < -0.39 is 23.7 Å². The molecule has 8 heteroatoms. The van der Waals surface area contributed by atoms with Crippen LogP contribution >= 0.6 is 0 Å². The molecule has 0 fully saturated rings. The second kappa shape index (κ2) is 10.3. The smallest absolute Gasteiger partial charge is 0.408 e. The van der Waals surface area contributed by atoms with Gasteiger partial charge in [-0.05, 0) is 51.0 Å². The van der Waals surface area contributed by atoms with Crippen molar-refractivity contribution in [1.82, 2.24) is 14.9 Å². The number of nitrogens with zero attached hydrogens (tertiary/aromatic N) is 2. The van der Waals surface area contributed by atoms with Gasteiger partial charge in [0.2, 0.25) is 0 Å². The Morgan fingerprint density at radius 1 is 1.15 bits per heavy atom. The predicted octanol–water partition coefficient (Wildman–Crippen LogP) is 3.77. The number of esters is 1. The SMILES string of the molecule is COC(=O)C(Cc1c(CCC=O)n(-c2ccccn2)c2ccccc12)NC(=O)OC(C)(C)C. The highest BCUT2D eigenvalue weighted by molar-refractivity contribution is 5.89. The maximum Gasteiger partial charge on any atom is 0.408 e. The van der Waals surface area contributed by atoms with Crippen molar-refractivity contribution < 1.29 is 23.9 Å². The van der Waals surface area contributed by atoms with Crippen molar-refractivity contribution in [2.24, 2.45) is 0 Å². The lowest BCUT2D eigenvalue weighted by Crippen LogP contribution is -2.45. The van der Waals surface area contributed by atoms with E-state index in [4.69, 9.17) is 9.47 Å². The van der Waals surface area contributed by atoms with E-state index in [0.29, 0.717) is 18.7 Å². The molecule has 8 nitrogen and oxygen atoms in total. The summed E-state index contributed by atoms with van der Waals surface area (Å²) in [6, 6.07) is 12.4. The zero-order valence-electron chi connectivity index (χ0n) is 19.3. The highest BCUT2D eigenvalue weighted by Crippen LogP contribution is 2.31. The van der Waals surface area contributed by atoms with Crippen LogP contribution in [0.3, 0.4) is 0 Å². The molecular weight excluding hydrogens is 422 g/mol. The first-order valence-corrected chi connectivity index (χ1v) is 10.8. The third-order valence-corrected chi connectivity index (χ3v) is 5.05. The monoisotopic (exact) mass is 451 g/mol. The van der Waals surface area contributed by atoms with E-state index in [2.05, 4.69) is 10.3 Å². The fourth-order valence-electron chi connectivity index (χ4n) is 3.78. The summed E-state index contributed by atoms with van der Waals surface area (Å²) in [6.45, 7) is 5.24. The molecule has 3 aromatic rings. The summed E-state index contributed by atoms with van der Waals surface area (Å²) in [5.74, 6) is 0.118. The highest BCUT2D eigenvalue weighted by atomic mass is 16.6. The fraction of sp³-hybridized carbons (Fsp3) is 0.360. The number of aromatic nitrogens is 2. The third-order valence-electron chi connectivity index (χ3n) is 5.05. The van der Waals surface area contributed by atoms with E-state index in [1.54, 1.807) is 27.0 Å². The molecule has 0 aliphatic carbocycles. The molecule has 1 unspecified atom stereocenters. The average molecular weight is 452 g/mol. The van der Waals surface area contributed by atoms with Gasteiger partial charge >= 0.3 is 12.1 Å². The Hall–Kier alpha value is -3.68. The molecule has 174 valence electrons. The average Bonchev–Trinajstić information content (AvgIpc) is 3.09. The second-order valence-corrected chi connectivity index (χ2v) is 8.60. The largest absolute Gasteiger partial charge is 0.467 e. The number of rotatable bonds is 8. The second-order valence-electron chi connectivity index (χ2n) is 8.60. The van der Waals surface area contributed by atoms with Crippen molar-refractivity contribution in [1.29, 1.82) is 0 Å².